The average Bonchev–Trinajstić information content (AvgIpc) is 2.39. The summed E-state index contributed by atoms with van der Waals surface area (Å²) in [7, 11) is 0. The fraction of sp³-hybridized carbons (Fsp3) is 0.250. The summed E-state index contributed by atoms with van der Waals surface area (Å²) >= 11 is 0. The summed E-state index contributed by atoms with van der Waals surface area (Å²) in [6, 6.07) is 13.5. The van der Waals surface area contributed by atoms with Gasteiger partial charge in [0.1, 0.15) is 5.82 Å². The molecule has 17 heavy (non-hydrogen) atoms. The van der Waals surface area contributed by atoms with Crippen LogP contribution >= 0.6 is 0 Å². The third-order valence-electron chi connectivity index (χ3n) is 3.12. The van der Waals surface area contributed by atoms with E-state index in [9.17, 15) is 4.39 Å². The minimum atomic E-state index is -0.157. The van der Waals surface area contributed by atoms with Gasteiger partial charge in [-0.1, -0.05) is 44.2 Å². The molecule has 0 atom stereocenters. The highest BCUT2D eigenvalue weighted by Crippen LogP contribution is 2.25. The van der Waals surface area contributed by atoms with E-state index in [1.165, 1.54) is 17.2 Å². The summed E-state index contributed by atoms with van der Waals surface area (Å²) in [5.41, 5.74) is 4.69. The van der Waals surface area contributed by atoms with Crippen molar-refractivity contribution in [1.29, 1.82) is 0 Å². The van der Waals surface area contributed by atoms with E-state index in [-0.39, 0.29) is 5.82 Å². The number of aryl methyl sites for hydroxylation is 2. The Morgan fingerprint density at radius 1 is 0.882 bits per heavy atom. The lowest BCUT2D eigenvalue weighted by molar-refractivity contribution is 0.626. The van der Waals surface area contributed by atoms with Gasteiger partial charge in [-0.3, -0.25) is 0 Å². The summed E-state index contributed by atoms with van der Waals surface area (Å²) in [4.78, 5) is 0. The second-order valence-electron chi connectivity index (χ2n) is 4.21. The predicted octanol–water partition coefficient (Wildman–Crippen LogP) is 4.62. The summed E-state index contributed by atoms with van der Waals surface area (Å²) in [6.07, 6.45) is 1.90. The van der Waals surface area contributed by atoms with Crippen molar-refractivity contribution in [1.82, 2.24) is 0 Å². The zero-order valence-corrected chi connectivity index (χ0v) is 10.3. The van der Waals surface area contributed by atoms with E-state index in [1.807, 2.05) is 6.07 Å². The highest BCUT2D eigenvalue weighted by atomic mass is 19.1. The molecule has 1 heteroatoms. The van der Waals surface area contributed by atoms with Gasteiger partial charge >= 0.3 is 0 Å². The summed E-state index contributed by atoms with van der Waals surface area (Å²) < 4.78 is 13.2. The van der Waals surface area contributed by atoms with Crippen molar-refractivity contribution in [2.75, 3.05) is 0 Å². The zero-order valence-electron chi connectivity index (χ0n) is 10.3. The molecule has 0 aliphatic rings. The fourth-order valence-corrected chi connectivity index (χ4v) is 2.06. The molecular formula is C16H17F. The lowest BCUT2D eigenvalue weighted by atomic mass is 9.97. The first-order chi connectivity index (χ1) is 8.24. The second-order valence-corrected chi connectivity index (χ2v) is 4.21. The molecule has 2 aromatic rings. The van der Waals surface area contributed by atoms with E-state index in [2.05, 4.69) is 38.1 Å². The van der Waals surface area contributed by atoms with Crippen molar-refractivity contribution in [2.24, 2.45) is 0 Å². The first-order valence-electron chi connectivity index (χ1n) is 6.12. The lowest BCUT2D eigenvalue weighted by Crippen LogP contribution is -1.90. The summed E-state index contributed by atoms with van der Waals surface area (Å²) in [5.74, 6) is -0.157. The number of benzene rings is 2. The molecule has 0 aliphatic heterocycles. The van der Waals surface area contributed by atoms with Gasteiger partial charge in [-0.05, 0) is 47.2 Å². The highest BCUT2D eigenvalue weighted by Gasteiger charge is 2.04. The van der Waals surface area contributed by atoms with Gasteiger partial charge in [0.2, 0.25) is 0 Å². The van der Waals surface area contributed by atoms with Crippen LogP contribution in [-0.2, 0) is 12.8 Å². The molecule has 2 rings (SSSR count). The van der Waals surface area contributed by atoms with E-state index in [4.69, 9.17) is 0 Å². The molecule has 0 unspecified atom stereocenters. The quantitative estimate of drug-likeness (QED) is 0.719. The maximum atomic E-state index is 13.2. The van der Waals surface area contributed by atoms with Crippen LogP contribution in [0.4, 0.5) is 4.39 Å². The van der Waals surface area contributed by atoms with Crippen molar-refractivity contribution < 1.29 is 4.39 Å². The molecule has 88 valence electrons. The van der Waals surface area contributed by atoms with Crippen molar-refractivity contribution in [3.63, 3.8) is 0 Å². The molecule has 0 N–H and O–H groups in total. The zero-order chi connectivity index (χ0) is 12.3. The number of hydrogen-bond acceptors (Lipinski definition) is 0. The molecule has 0 amide bonds. The second kappa shape index (κ2) is 5.13. The van der Waals surface area contributed by atoms with Gasteiger partial charge in [0.15, 0.2) is 0 Å². The van der Waals surface area contributed by atoms with Crippen LogP contribution in [0, 0.1) is 5.82 Å². The molecule has 2 aromatic carbocycles. The van der Waals surface area contributed by atoms with Crippen molar-refractivity contribution >= 4 is 0 Å². The minimum Gasteiger partial charge on any atom is -0.207 e. The van der Waals surface area contributed by atoms with Gasteiger partial charge in [0.25, 0.3) is 0 Å². The minimum absolute atomic E-state index is 0.157. The Labute approximate surface area is 102 Å². The van der Waals surface area contributed by atoms with Crippen molar-refractivity contribution in [2.45, 2.75) is 26.7 Å². The van der Waals surface area contributed by atoms with Crippen LogP contribution in [0.1, 0.15) is 25.0 Å². The Kier molecular flexibility index (Phi) is 3.58. The van der Waals surface area contributed by atoms with Crippen LogP contribution < -0.4 is 0 Å². The third kappa shape index (κ3) is 2.55. The van der Waals surface area contributed by atoms with Gasteiger partial charge in [-0.2, -0.15) is 0 Å². The number of hydrogen-bond donors (Lipinski definition) is 0. The molecule has 0 saturated heterocycles. The molecule has 0 aromatic heterocycles. The molecule has 0 aliphatic carbocycles. The molecule has 0 spiro atoms. The summed E-state index contributed by atoms with van der Waals surface area (Å²) in [5, 5.41) is 0. The van der Waals surface area contributed by atoms with E-state index < -0.39 is 0 Å². The Hall–Kier alpha value is -1.63. The normalized spacial score (nSPS) is 10.5. The van der Waals surface area contributed by atoms with Crippen LogP contribution in [-0.4, -0.2) is 0 Å². The van der Waals surface area contributed by atoms with Crippen LogP contribution in [0.15, 0.2) is 42.5 Å². The van der Waals surface area contributed by atoms with Gasteiger partial charge < -0.3 is 0 Å². The van der Waals surface area contributed by atoms with E-state index in [0.29, 0.717) is 0 Å². The first-order valence-corrected chi connectivity index (χ1v) is 6.12. The van der Waals surface area contributed by atoms with Crippen LogP contribution in [0.2, 0.25) is 0 Å². The monoisotopic (exact) mass is 228 g/mol. The van der Waals surface area contributed by atoms with E-state index >= 15 is 0 Å². The summed E-state index contributed by atoms with van der Waals surface area (Å²) in [6.45, 7) is 4.20. The first kappa shape index (κ1) is 11.8. The van der Waals surface area contributed by atoms with Gasteiger partial charge in [0.05, 0.1) is 0 Å². The van der Waals surface area contributed by atoms with Gasteiger partial charge in [0, 0.05) is 0 Å². The molecule has 0 fully saturated rings. The van der Waals surface area contributed by atoms with E-state index in [0.717, 1.165) is 24.0 Å². The topological polar surface area (TPSA) is 0 Å². The number of rotatable bonds is 3. The highest BCUT2D eigenvalue weighted by molar-refractivity contribution is 5.67. The van der Waals surface area contributed by atoms with E-state index in [1.54, 1.807) is 6.07 Å². The molecule has 0 heterocycles. The standard InChI is InChI=1S/C16H17F/c1-3-12-5-7-14(8-6-12)16-10-9-15(17)11-13(16)4-2/h5-11H,3-4H2,1-2H3. The largest absolute Gasteiger partial charge is 0.207 e. The Morgan fingerprint density at radius 3 is 2.18 bits per heavy atom. The predicted molar refractivity (Wildman–Crippen MR) is 70.6 cm³/mol. The van der Waals surface area contributed by atoms with Crippen LogP contribution in [0.3, 0.4) is 0 Å². The molecule has 0 radical (unpaired) electrons. The third-order valence-corrected chi connectivity index (χ3v) is 3.12. The van der Waals surface area contributed by atoms with Gasteiger partial charge in [-0.15, -0.1) is 0 Å². The smallest absolute Gasteiger partial charge is 0.123 e. The lowest BCUT2D eigenvalue weighted by Gasteiger charge is -2.09. The van der Waals surface area contributed by atoms with Crippen LogP contribution in [0.25, 0.3) is 11.1 Å². The SMILES string of the molecule is CCc1ccc(-c2ccc(F)cc2CC)cc1. The number of halogens is 1. The molecule has 0 saturated carbocycles. The Balaban J connectivity index is 2.44. The fourth-order valence-electron chi connectivity index (χ4n) is 2.06. The molecule has 0 nitrogen and oxygen atoms in total. The Morgan fingerprint density at radius 2 is 1.59 bits per heavy atom. The van der Waals surface area contributed by atoms with Crippen LogP contribution in [0.5, 0.6) is 0 Å². The van der Waals surface area contributed by atoms with Crippen molar-refractivity contribution in [3.05, 3.63) is 59.4 Å². The maximum absolute atomic E-state index is 13.2. The molecular weight excluding hydrogens is 211 g/mol. The molecule has 0 bridgehead atoms. The van der Waals surface area contributed by atoms with Gasteiger partial charge in [-0.25, -0.2) is 4.39 Å². The van der Waals surface area contributed by atoms with Crippen molar-refractivity contribution in [3.8, 4) is 11.1 Å². The average molecular weight is 228 g/mol. The Bertz CT molecular complexity index is 497. The maximum Gasteiger partial charge on any atom is 0.123 e.